The molecule has 0 fully saturated rings. The first kappa shape index (κ1) is 19.1. The molecule has 0 heterocycles. The van der Waals surface area contributed by atoms with Crippen LogP contribution in [0.5, 0.6) is 11.5 Å². The Morgan fingerprint density at radius 1 is 1.23 bits per heavy atom. The SMILES string of the molecule is CC[C@H](C)[C@@](C)(O)CN[C@@H](C)c1cc(Cl)c(OC)cc1OC. The highest BCUT2D eigenvalue weighted by atomic mass is 35.5. The van der Waals surface area contributed by atoms with Crippen LogP contribution < -0.4 is 14.8 Å². The second kappa shape index (κ2) is 8.04. The molecular formula is C17H28ClNO3. The molecule has 0 aliphatic rings. The molecule has 2 N–H and O–H groups in total. The monoisotopic (exact) mass is 329 g/mol. The van der Waals surface area contributed by atoms with Crippen molar-refractivity contribution in [1.29, 1.82) is 0 Å². The van der Waals surface area contributed by atoms with Crippen molar-refractivity contribution in [2.75, 3.05) is 20.8 Å². The van der Waals surface area contributed by atoms with E-state index in [0.29, 0.717) is 23.1 Å². The Hall–Kier alpha value is -0.970. The smallest absolute Gasteiger partial charge is 0.141 e. The highest BCUT2D eigenvalue weighted by Gasteiger charge is 2.27. The van der Waals surface area contributed by atoms with E-state index in [0.717, 1.165) is 12.0 Å². The van der Waals surface area contributed by atoms with Gasteiger partial charge in [-0.2, -0.15) is 0 Å². The zero-order valence-electron chi connectivity index (χ0n) is 14.4. The van der Waals surface area contributed by atoms with Crippen molar-refractivity contribution in [2.45, 2.75) is 45.8 Å². The minimum Gasteiger partial charge on any atom is -0.496 e. The highest BCUT2D eigenvalue weighted by Crippen LogP contribution is 2.35. The van der Waals surface area contributed by atoms with Gasteiger partial charge in [-0.3, -0.25) is 0 Å². The number of aliphatic hydroxyl groups is 1. The summed E-state index contributed by atoms with van der Waals surface area (Å²) in [6.45, 7) is 8.51. The molecule has 1 aromatic carbocycles. The van der Waals surface area contributed by atoms with Gasteiger partial charge in [0.15, 0.2) is 0 Å². The van der Waals surface area contributed by atoms with Crippen molar-refractivity contribution in [3.63, 3.8) is 0 Å². The van der Waals surface area contributed by atoms with Crippen LogP contribution in [-0.2, 0) is 0 Å². The highest BCUT2D eigenvalue weighted by molar-refractivity contribution is 6.32. The Labute approximate surface area is 138 Å². The van der Waals surface area contributed by atoms with Gasteiger partial charge in [0.25, 0.3) is 0 Å². The number of ether oxygens (including phenoxy) is 2. The van der Waals surface area contributed by atoms with E-state index in [-0.39, 0.29) is 12.0 Å². The predicted molar refractivity (Wildman–Crippen MR) is 91.1 cm³/mol. The molecule has 0 bridgehead atoms. The number of methoxy groups -OCH3 is 2. The van der Waals surface area contributed by atoms with E-state index in [1.54, 1.807) is 20.3 Å². The summed E-state index contributed by atoms with van der Waals surface area (Å²) in [6.07, 6.45) is 0.931. The Morgan fingerprint density at radius 2 is 1.82 bits per heavy atom. The fraction of sp³-hybridized carbons (Fsp3) is 0.647. The maximum atomic E-state index is 10.5. The minimum atomic E-state index is -0.757. The van der Waals surface area contributed by atoms with Gasteiger partial charge in [-0.05, 0) is 25.8 Å². The van der Waals surface area contributed by atoms with Crippen molar-refractivity contribution in [1.82, 2.24) is 5.32 Å². The number of nitrogens with one attached hydrogen (secondary N) is 1. The molecule has 0 saturated carbocycles. The van der Waals surface area contributed by atoms with Gasteiger partial charge >= 0.3 is 0 Å². The number of hydrogen-bond donors (Lipinski definition) is 2. The van der Waals surface area contributed by atoms with E-state index in [4.69, 9.17) is 21.1 Å². The van der Waals surface area contributed by atoms with Gasteiger partial charge in [-0.15, -0.1) is 0 Å². The van der Waals surface area contributed by atoms with Crippen molar-refractivity contribution in [3.8, 4) is 11.5 Å². The van der Waals surface area contributed by atoms with Crippen LogP contribution in [0.4, 0.5) is 0 Å². The molecule has 0 unspecified atom stereocenters. The van der Waals surface area contributed by atoms with Crippen molar-refractivity contribution >= 4 is 11.6 Å². The van der Waals surface area contributed by atoms with Crippen LogP contribution in [0.25, 0.3) is 0 Å². The van der Waals surface area contributed by atoms with E-state index < -0.39 is 5.60 Å². The summed E-state index contributed by atoms with van der Waals surface area (Å²) in [4.78, 5) is 0. The Balaban J connectivity index is 2.89. The van der Waals surface area contributed by atoms with Gasteiger partial charge in [-0.1, -0.05) is 31.9 Å². The molecule has 0 radical (unpaired) electrons. The van der Waals surface area contributed by atoms with Gasteiger partial charge in [0.1, 0.15) is 11.5 Å². The van der Waals surface area contributed by atoms with Crippen LogP contribution >= 0.6 is 11.6 Å². The third-order valence-electron chi connectivity index (χ3n) is 4.41. The van der Waals surface area contributed by atoms with E-state index in [1.807, 2.05) is 19.9 Å². The lowest BCUT2D eigenvalue weighted by Crippen LogP contribution is -2.43. The lowest BCUT2D eigenvalue weighted by molar-refractivity contribution is 0.00359. The summed E-state index contributed by atoms with van der Waals surface area (Å²) in [5, 5.41) is 14.4. The van der Waals surface area contributed by atoms with Crippen LogP contribution in [-0.4, -0.2) is 31.5 Å². The molecule has 0 spiro atoms. The molecule has 1 rings (SSSR count). The molecule has 1 aromatic rings. The second-order valence-corrected chi connectivity index (χ2v) is 6.40. The lowest BCUT2D eigenvalue weighted by atomic mass is 9.88. The van der Waals surface area contributed by atoms with Crippen LogP contribution in [0, 0.1) is 5.92 Å². The number of rotatable bonds is 8. The third kappa shape index (κ3) is 4.51. The molecule has 0 saturated heterocycles. The number of halogens is 1. The lowest BCUT2D eigenvalue weighted by Gasteiger charge is -2.31. The fourth-order valence-electron chi connectivity index (χ4n) is 2.31. The first-order valence-corrected chi connectivity index (χ1v) is 8.01. The van der Waals surface area contributed by atoms with Gasteiger partial charge < -0.3 is 19.9 Å². The van der Waals surface area contributed by atoms with Crippen LogP contribution in [0.3, 0.4) is 0 Å². The van der Waals surface area contributed by atoms with Gasteiger partial charge in [0.05, 0.1) is 24.8 Å². The number of benzene rings is 1. The third-order valence-corrected chi connectivity index (χ3v) is 4.71. The molecule has 3 atom stereocenters. The molecule has 0 aliphatic heterocycles. The average Bonchev–Trinajstić information content (AvgIpc) is 2.51. The first-order valence-electron chi connectivity index (χ1n) is 7.64. The average molecular weight is 330 g/mol. The van der Waals surface area contributed by atoms with Gasteiger partial charge in [-0.25, -0.2) is 0 Å². The molecule has 4 nitrogen and oxygen atoms in total. The van der Waals surface area contributed by atoms with Crippen molar-refractivity contribution in [3.05, 3.63) is 22.7 Å². The summed E-state index contributed by atoms with van der Waals surface area (Å²) in [5.74, 6) is 1.51. The Morgan fingerprint density at radius 3 is 2.32 bits per heavy atom. The maximum absolute atomic E-state index is 10.5. The van der Waals surface area contributed by atoms with E-state index in [1.165, 1.54) is 0 Å². The van der Waals surface area contributed by atoms with Crippen molar-refractivity contribution in [2.24, 2.45) is 5.92 Å². The van der Waals surface area contributed by atoms with E-state index >= 15 is 0 Å². The van der Waals surface area contributed by atoms with Crippen LogP contribution in [0.2, 0.25) is 5.02 Å². The molecule has 5 heteroatoms. The largest absolute Gasteiger partial charge is 0.496 e. The quantitative estimate of drug-likeness (QED) is 0.761. The standard InChI is InChI=1S/C17H28ClNO3/c1-7-11(2)17(4,20)10-19-12(3)13-8-14(18)16(22-6)9-15(13)21-5/h8-9,11-12,19-20H,7,10H2,1-6H3/t11-,12-,17-/m0/s1. The summed E-state index contributed by atoms with van der Waals surface area (Å²) in [6, 6.07) is 3.62. The molecule has 22 heavy (non-hydrogen) atoms. The summed E-state index contributed by atoms with van der Waals surface area (Å²) >= 11 is 6.21. The fourth-order valence-corrected chi connectivity index (χ4v) is 2.55. The molecular weight excluding hydrogens is 302 g/mol. The zero-order chi connectivity index (χ0) is 16.9. The van der Waals surface area contributed by atoms with Gasteiger partial charge in [0, 0.05) is 24.2 Å². The second-order valence-electron chi connectivity index (χ2n) is 6.00. The summed E-state index contributed by atoms with van der Waals surface area (Å²) in [5.41, 5.74) is 0.181. The maximum Gasteiger partial charge on any atom is 0.141 e. The molecule has 0 aliphatic carbocycles. The minimum absolute atomic E-state index is 0.00566. The predicted octanol–water partition coefficient (Wildman–Crippen LogP) is 3.80. The topological polar surface area (TPSA) is 50.7 Å². The molecule has 0 aromatic heterocycles. The molecule has 0 amide bonds. The Bertz CT molecular complexity index is 491. The van der Waals surface area contributed by atoms with Crippen molar-refractivity contribution < 1.29 is 14.6 Å². The van der Waals surface area contributed by atoms with Gasteiger partial charge in [0.2, 0.25) is 0 Å². The van der Waals surface area contributed by atoms with E-state index in [9.17, 15) is 5.11 Å². The first-order chi connectivity index (χ1) is 10.3. The van der Waals surface area contributed by atoms with E-state index in [2.05, 4.69) is 19.2 Å². The Kier molecular flexibility index (Phi) is 6.98. The molecule has 126 valence electrons. The van der Waals surface area contributed by atoms with Crippen LogP contribution in [0.1, 0.15) is 45.7 Å². The normalized spacial score (nSPS) is 16.7. The summed E-state index contributed by atoms with van der Waals surface area (Å²) < 4.78 is 10.6. The number of hydrogen-bond acceptors (Lipinski definition) is 4. The zero-order valence-corrected chi connectivity index (χ0v) is 15.1. The summed E-state index contributed by atoms with van der Waals surface area (Å²) in [7, 11) is 3.19. The van der Waals surface area contributed by atoms with Crippen LogP contribution in [0.15, 0.2) is 12.1 Å².